The van der Waals surface area contributed by atoms with E-state index < -0.39 is 6.10 Å². The average Bonchev–Trinajstić information content (AvgIpc) is 2.79. The van der Waals surface area contributed by atoms with E-state index in [1.165, 1.54) is 11.1 Å². The SMILES string of the molecule is CC1Oc2cc(NC(=O)c3ccc(C(C)(C)C)cc3)ccc2N(CCc2ccccc2)C1=O. The van der Waals surface area contributed by atoms with Crippen LogP contribution in [0.15, 0.2) is 72.8 Å². The Morgan fingerprint density at radius 1 is 1.00 bits per heavy atom. The molecule has 33 heavy (non-hydrogen) atoms. The van der Waals surface area contributed by atoms with Crippen LogP contribution in [0.1, 0.15) is 49.2 Å². The Bertz CT molecular complexity index is 1150. The third kappa shape index (κ3) is 5.08. The summed E-state index contributed by atoms with van der Waals surface area (Å²) in [6.45, 7) is 8.75. The number of hydrogen-bond donors (Lipinski definition) is 1. The van der Waals surface area contributed by atoms with Crippen molar-refractivity contribution >= 4 is 23.2 Å². The second-order valence-electron chi connectivity index (χ2n) is 9.45. The largest absolute Gasteiger partial charge is 0.479 e. The maximum absolute atomic E-state index is 12.8. The van der Waals surface area contributed by atoms with Crippen molar-refractivity contribution in [1.29, 1.82) is 0 Å². The summed E-state index contributed by atoms with van der Waals surface area (Å²) in [5.74, 6) is 0.349. The third-order valence-electron chi connectivity index (χ3n) is 5.91. The first kappa shape index (κ1) is 22.6. The highest BCUT2D eigenvalue weighted by Crippen LogP contribution is 2.36. The van der Waals surface area contributed by atoms with Crippen molar-refractivity contribution in [2.75, 3.05) is 16.8 Å². The molecule has 0 radical (unpaired) electrons. The molecule has 1 atom stereocenters. The van der Waals surface area contributed by atoms with E-state index >= 15 is 0 Å². The maximum Gasteiger partial charge on any atom is 0.267 e. The first-order valence-electron chi connectivity index (χ1n) is 11.3. The lowest BCUT2D eigenvalue weighted by Gasteiger charge is -2.33. The molecule has 1 N–H and O–H groups in total. The number of benzene rings is 3. The highest BCUT2D eigenvalue weighted by atomic mass is 16.5. The molecule has 0 saturated carbocycles. The molecule has 170 valence electrons. The lowest BCUT2D eigenvalue weighted by molar-refractivity contribution is -0.125. The van der Waals surface area contributed by atoms with Gasteiger partial charge < -0.3 is 15.0 Å². The average molecular weight is 443 g/mol. The molecule has 5 heteroatoms. The number of amides is 2. The summed E-state index contributed by atoms with van der Waals surface area (Å²) < 4.78 is 5.86. The van der Waals surface area contributed by atoms with Crippen molar-refractivity contribution in [2.45, 2.75) is 45.6 Å². The van der Waals surface area contributed by atoms with Gasteiger partial charge in [0, 0.05) is 23.9 Å². The second-order valence-corrected chi connectivity index (χ2v) is 9.45. The monoisotopic (exact) mass is 442 g/mol. The molecule has 3 aromatic rings. The van der Waals surface area contributed by atoms with Crippen LogP contribution < -0.4 is 15.0 Å². The van der Waals surface area contributed by atoms with E-state index in [1.54, 1.807) is 17.9 Å². The van der Waals surface area contributed by atoms with Crippen molar-refractivity contribution in [2.24, 2.45) is 0 Å². The van der Waals surface area contributed by atoms with E-state index in [1.807, 2.05) is 54.6 Å². The van der Waals surface area contributed by atoms with Gasteiger partial charge in [0.1, 0.15) is 5.75 Å². The van der Waals surface area contributed by atoms with Crippen LogP contribution in [0.2, 0.25) is 0 Å². The molecular weight excluding hydrogens is 412 g/mol. The smallest absolute Gasteiger partial charge is 0.267 e. The summed E-state index contributed by atoms with van der Waals surface area (Å²) in [7, 11) is 0. The molecule has 0 saturated heterocycles. The predicted molar refractivity (Wildman–Crippen MR) is 132 cm³/mol. The van der Waals surface area contributed by atoms with Crippen LogP contribution in [0.25, 0.3) is 0 Å². The number of fused-ring (bicyclic) bond motifs is 1. The standard InChI is InChI=1S/C28H30N2O3/c1-19-27(32)30(17-16-20-8-6-5-7-9-20)24-15-14-23(18-25(24)33-19)29-26(31)21-10-12-22(13-11-21)28(2,3)4/h5-15,18-19H,16-17H2,1-4H3,(H,29,31). The van der Waals surface area contributed by atoms with E-state index in [0.717, 1.165) is 12.1 Å². The molecule has 0 bridgehead atoms. The molecule has 0 fully saturated rings. The molecular formula is C28H30N2O3. The van der Waals surface area contributed by atoms with Crippen LogP contribution in [0, 0.1) is 0 Å². The number of rotatable bonds is 5. The molecule has 1 aliphatic rings. The number of anilines is 2. The fourth-order valence-corrected chi connectivity index (χ4v) is 3.93. The van der Waals surface area contributed by atoms with Crippen LogP contribution in [-0.4, -0.2) is 24.5 Å². The van der Waals surface area contributed by atoms with Crippen molar-refractivity contribution < 1.29 is 14.3 Å². The fourth-order valence-electron chi connectivity index (χ4n) is 3.93. The Morgan fingerprint density at radius 2 is 1.70 bits per heavy atom. The van der Waals surface area contributed by atoms with Gasteiger partial charge in [-0.3, -0.25) is 9.59 Å². The zero-order chi connectivity index (χ0) is 23.6. The van der Waals surface area contributed by atoms with Gasteiger partial charge in [0.2, 0.25) is 0 Å². The van der Waals surface area contributed by atoms with Crippen LogP contribution in [0.5, 0.6) is 5.75 Å². The number of nitrogens with zero attached hydrogens (tertiary/aromatic N) is 1. The summed E-state index contributed by atoms with van der Waals surface area (Å²) >= 11 is 0. The van der Waals surface area contributed by atoms with Gasteiger partial charge in [0.25, 0.3) is 11.8 Å². The highest BCUT2D eigenvalue weighted by Gasteiger charge is 2.31. The first-order chi connectivity index (χ1) is 15.7. The molecule has 2 amide bonds. The van der Waals surface area contributed by atoms with E-state index in [9.17, 15) is 9.59 Å². The van der Waals surface area contributed by atoms with Crippen LogP contribution in [0.3, 0.4) is 0 Å². The lowest BCUT2D eigenvalue weighted by Crippen LogP contribution is -2.45. The van der Waals surface area contributed by atoms with Crippen molar-refractivity contribution in [3.05, 3.63) is 89.5 Å². The molecule has 4 rings (SSSR count). The number of hydrogen-bond acceptors (Lipinski definition) is 3. The fraction of sp³-hybridized carbons (Fsp3) is 0.286. The lowest BCUT2D eigenvalue weighted by atomic mass is 9.87. The molecule has 1 unspecified atom stereocenters. The van der Waals surface area contributed by atoms with Gasteiger partial charge in [-0.2, -0.15) is 0 Å². The molecule has 1 heterocycles. The number of ether oxygens (including phenoxy) is 1. The minimum absolute atomic E-state index is 0.0331. The zero-order valence-corrected chi connectivity index (χ0v) is 19.6. The van der Waals surface area contributed by atoms with Gasteiger partial charge in [-0.1, -0.05) is 63.2 Å². The highest BCUT2D eigenvalue weighted by molar-refractivity contribution is 6.05. The molecule has 0 spiro atoms. The summed E-state index contributed by atoms with van der Waals surface area (Å²) in [6, 6.07) is 23.2. The number of carbonyl (C=O) groups is 2. The van der Waals surface area contributed by atoms with Gasteiger partial charge >= 0.3 is 0 Å². The van der Waals surface area contributed by atoms with E-state index in [2.05, 4.69) is 38.2 Å². The Labute approximate surface area is 195 Å². The molecule has 0 aromatic heterocycles. The number of carbonyl (C=O) groups excluding carboxylic acids is 2. The number of nitrogens with one attached hydrogen (secondary N) is 1. The van der Waals surface area contributed by atoms with E-state index in [0.29, 0.717) is 23.5 Å². The van der Waals surface area contributed by atoms with Crippen LogP contribution in [-0.2, 0) is 16.6 Å². The quantitative estimate of drug-likeness (QED) is 0.560. The third-order valence-corrected chi connectivity index (χ3v) is 5.91. The summed E-state index contributed by atoms with van der Waals surface area (Å²) in [5.41, 5.74) is 4.33. The predicted octanol–water partition coefficient (Wildman–Crippen LogP) is 5.59. The Balaban J connectivity index is 1.50. The van der Waals surface area contributed by atoms with Gasteiger partial charge in [-0.25, -0.2) is 0 Å². The van der Waals surface area contributed by atoms with E-state index in [4.69, 9.17) is 4.74 Å². The summed E-state index contributed by atoms with van der Waals surface area (Å²) in [6.07, 6.45) is 0.172. The van der Waals surface area contributed by atoms with Gasteiger partial charge in [0.15, 0.2) is 6.10 Å². The first-order valence-corrected chi connectivity index (χ1v) is 11.3. The van der Waals surface area contributed by atoms with Crippen molar-refractivity contribution in [1.82, 2.24) is 0 Å². The topological polar surface area (TPSA) is 58.6 Å². The molecule has 3 aromatic carbocycles. The summed E-state index contributed by atoms with van der Waals surface area (Å²) in [4.78, 5) is 27.3. The van der Waals surface area contributed by atoms with Crippen molar-refractivity contribution in [3.8, 4) is 5.75 Å². The van der Waals surface area contributed by atoms with Crippen molar-refractivity contribution in [3.63, 3.8) is 0 Å². The Hall–Kier alpha value is -3.60. The minimum Gasteiger partial charge on any atom is -0.479 e. The van der Waals surface area contributed by atoms with Crippen LogP contribution in [0.4, 0.5) is 11.4 Å². The normalized spacial score (nSPS) is 15.6. The van der Waals surface area contributed by atoms with Gasteiger partial charge in [0.05, 0.1) is 5.69 Å². The second kappa shape index (κ2) is 9.10. The Morgan fingerprint density at radius 3 is 2.36 bits per heavy atom. The van der Waals surface area contributed by atoms with Gasteiger partial charge in [-0.05, 0) is 54.2 Å². The van der Waals surface area contributed by atoms with Crippen LogP contribution >= 0.6 is 0 Å². The van der Waals surface area contributed by atoms with E-state index in [-0.39, 0.29) is 17.2 Å². The minimum atomic E-state index is -0.579. The molecule has 5 nitrogen and oxygen atoms in total. The molecule has 1 aliphatic heterocycles. The zero-order valence-electron chi connectivity index (χ0n) is 19.6. The van der Waals surface area contributed by atoms with Gasteiger partial charge in [-0.15, -0.1) is 0 Å². The molecule has 0 aliphatic carbocycles. The Kier molecular flexibility index (Phi) is 6.23. The maximum atomic E-state index is 12.8. The summed E-state index contributed by atoms with van der Waals surface area (Å²) in [5, 5.41) is 2.94.